The van der Waals surface area contributed by atoms with Crippen molar-refractivity contribution >= 4 is 53.5 Å². The van der Waals surface area contributed by atoms with Crippen molar-refractivity contribution < 1.29 is 23.9 Å². The third-order valence-electron chi connectivity index (χ3n) is 6.20. The molecule has 198 valence electrons. The minimum atomic E-state index is -0.768. The maximum atomic E-state index is 13.8. The van der Waals surface area contributed by atoms with Crippen LogP contribution in [0, 0.1) is 0 Å². The molecule has 5 rings (SSSR count). The summed E-state index contributed by atoms with van der Waals surface area (Å²) in [6, 6.07) is 21.6. The lowest BCUT2D eigenvalue weighted by Crippen LogP contribution is -2.70. The molecule has 2 aliphatic rings. The molecule has 1 unspecified atom stereocenters. The van der Waals surface area contributed by atoms with Gasteiger partial charge in [-0.2, -0.15) is 5.10 Å². The summed E-state index contributed by atoms with van der Waals surface area (Å²) in [5.74, 6) is -1.06. The van der Waals surface area contributed by atoms with Crippen molar-refractivity contribution in [2.45, 2.75) is 23.9 Å². The van der Waals surface area contributed by atoms with E-state index in [4.69, 9.17) is 4.74 Å². The first-order chi connectivity index (χ1) is 19.1. The first-order valence-electron chi connectivity index (χ1n) is 12.1. The summed E-state index contributed by atoms with van der Waals surface area (Å²) in [5, 5.41) is 8.05. The van der Waals surface area contributed by atoms with Crippen LogP contribution in [-0.2, 0) is 30.3 Å². The van der Waals surface area contributed by atoms with Gasteiger partial charge in [0, 0.05) is 16.2 Å². The van der Waals surface area contributed by atoms with E-state index in [1.165, 1.54) is 34.2 Å². The number of fused-ring (bicyclic) bond motifs is 1. The Hall–Kier alpha value is -4.22. The standard InChI is InChI=1S/C28H24N4O5S2/c33-17-30-29-15-20-16-39-27-23(31-22(34)14-21-12-7-13-38-21)26(35)32(27)24(20)28(36)37-25(18-8-3-1-4-9-18)19-10-5-2-6-11-19/h1-13,15,17,23,25,27H,14,16H2,(H,30,33)(H,31,34)/t23?,27-/m1/s1. The lowest BCUT2D eigenvalue weighted by atomic mass is 10.0. The van der Waals surface area contributed by atoms with Crippen LogP contribution in [0.3, 0.4) is 0 Å². The highest BCUT2D eigenvalue weighted by Crippen LogP contribution is 2.41. The van der Waals surface area contributed by atoms with Crippen LogP contribution in [0.1, 0.15) is 22.1 Å². The molecule has 0 spiro atoms. The van der Waals surface area contributed by atoms with Crippen LogP contribution >= 0.6 is 23.1 Å². The van der Waals surface area contributed by atoms with E-state index in [9.17, 15) is 19.2 Å². The highest BCUT2D eigenvalue weighted by molar-refractivity contribution is 8.00. The average Bonchev–Trinajstić information content (AvgIpc) is 3.48. The summed E-state index contributed by atoms with van der Waals surface area (Å²) in [7, 11) is 0. The van der Waals surface area contributed by atoms with Crippen LogP contribution in [0.5, 0.6) is 0 Å². The molecule has 0 radical (unpaired) electrons. The first kappa shape index (κ1) is 26.4. The fourth-order valence-corrected chi connectivity index (χ4v) is 6.42. The number of thiophene rings is 1. The number of β-lactam (4-membered cyclic amide) rings is 1. The van der Waals surface area contributed by atoms with Gasteiger partial charge in [-0.05, 0) is 22.6 Å². The number of ether oxygens (including phenoxy) is 1. The summed E-state index contributed by atoms with van der Waals surface area (Å²) >= 11 is 2.86. The zero-order valence-corrected chi connectivity index (χ0v) is 22.2. The number of esters is 1. The van der Waals surface area contributed by atoms with Crippen LogP contribution in [-0.4, -0.2) is 52.5 Å². The molecule has 1 fully saturated rings. The van der Waals surface area contributed by atoms with E-state index < -0.39 is 29.4 Å². The van der Waals surface area contributed by atoms with Gasteiger partial charge in [0.2, 0.25) is 12.3 Å². The third kappa shape index (κ3) is 5.79. The molecule has 3 amide bonds. The largest absolute Gasteiger partial charge is 0.448 e. The van der Waals surface area contributed by atoms with Gasteiger partial charge in [0.1, 0.15) is 17.1 Å². The second-order valence-electron chi connectivity index (χ2n) is 8.70. The Morgan fingerprint density at radius 2 is 1.74 bits per heavy atom. The van der Waals surface area contributed by atoms with E-state index in [0.29, 0.717) is 17.7 Å². The number of carbonyl (C=O) groups is 4. The molecule has 39 heavy (non-hydrogen) atoms. The van der Waals surface area contributed by atoms with Crippen LogP contribution in [0.25, 0.3) is 0 Å². The molecule has 2 aliphatic heterocycles. The number of benzene rings is 2. The summed E-state index contributed by atoms with van der Waals surface area (Å²) in [5.41, 5.74) is 4.20. The Labute approximate surface area is 232 Å². The zero-order chi connectivity index (χ0) is 27.2. The Balaban J connectivity index is 1.41. The van der Waals surface area contributed by atoms with Crippen LogP contribution in [0.15, 0.2) is 94.5 Å². The number of amides is 3. The number of hydrogen-bond donors (Lipinski definition) is 2. The number of nitrogens with one attached hydrogen (secondary N) is 2. The average molecular weight is 561 g/mol. The van der Waals surface area contributed by atoms with Crippen molar-refractivity contribution in [1.29, 1.82) is 0 Å². The fourth-order valence-electron chi connectivity index (χ4n) is 4.42. The smallest absolute Gasteiger partial charge is 0.356 e. The van der Waals surface area contributed by atoms with Gasteiger partial charge in [0.15, 0.2) is 6.10 Å². The van der Waals surface area contributed by atoms with Gasteiger partial charge < -0.3 is 10.1 Å². The molecule has 2 atom stereocenters. The molecule has 0 saturated carbocycles. The minimum absolute atomic E-state index is 0.0424. The molecule has 3 heterocycles. The monoisotopic (exact) mass is 560 g/mol. The van der Waals surface area contributed by atoms with Gasteiger partial charge in [-0.15, -0.1) is 23.1 Å². The number of carbonyl (C=O) groups excluding carboxylic acids is 4. The highest BCUT2D eigenvalue weighted by atomic mass is 32.2. The van der Waals surface area contributed by atoms with Gasteiger partial charge in [-0.3, -0.25) is 19.3 Å². The number of thioether (sulfide) groups is 1. The predicted octanol–water partition coefficient (Wildman–Crippen LogP) is 3.01. The van der Waals surface area contributed by atoms with Crippen molar-refractivity contribution in [3.05, 3.63) is 105 Å². The SMILES string of the molecule is O=CNN=CC1=C(C(=O)OC(c2ccccc2)c2ccccc2)N2C(=O)C(NC(=O)Cc3cccs3)[C@H]2SC1. The molecule has 2 aromatic carbocycles. The molecular weight excluding hydrogens is 536 g/mol. The van der Waals surface area contributed by atoms with Crippen LogP contribution in [0.2, 0.25) is 0 Å². The second kappa shape index (κ2) is 12.1. The van der Waals surface area contributed by atoms with Crippen molar-refractivity contribution in [2.75, 3.05) is 5.75 Å². The number of hydrogen-bond acceptors (Lipinski definition) is 8. The van der Waals surface area contributed by atoms with Gasteiger partial charge in [-0.25, -0.2) is 10.2 Å². The van der Waals surface area contributed by atoms with E-state index in [-0.39, 0.29) is 18.0 Å². The molecule has 3 aromatic rings. The Kier molecular flexibility index (Phi) is 8.18. The molecule has 11 heteroatoms. The number of hydrazone groups is 1. The molecule has 9 nitrogen and oxygen atoms in total. The van der Waals surface area contributed by atoms with Crippen molar-refractivity contribution in [1.82, 2.24) is 15.6 Å². The summed E-state index contributed by atoms with van der Waals surface area (Å²) < 4.78 is 6.05. The molecule has 0 aliphatic carbocycles. The quantitative estimate of drug-likeness (QED) is 0.129. The van der Waals surface area contributed by atoms with Crippen LogP contribution < -0.4 is 10.7 Å². The molecule has 1 aromatic heterocycles. The van der Waals surface area contributed by atoms with Crippen LogP contribution in [0.4, 0.5) is 0 Å². The van der Waals surface area contributed by atoms with Gasteiger partial charge >= 0.3 is 5.97 Å². The van der Waals surface area contributed by atoms with E-state index in [2.05, 4.69) is 15.8 Å². The minimum Gasteiger partial charge on any atom is -0.448 e. The Bertz CT molecular complexity index is 1370. The third-order valence-corrected chi connectivity index (χ3v) is 8.38. The number of nitrogens with zero attached hydrogens (tertiary/aromatic N) is 2. The Morgan fingerprint density at radius 1 is 1.05 bits per heavy atom. The van der Waals surface area contributed by atoms with Crippen molar-refractivity contribution in [3.8, 4) is 0 Å². The normalized spacial score (nSPS) is 18.5. The first-order valence-corrected chi connectivity index (χ1v) is 14.0. The van der Waals surface area contributed by atoms with Gasteiger partial charge in [-0.1, -0.05) is 66.7 Å². The zero-order valence-electron chi connectivity index (χ0n) is 20.6. The van der Waals surface area contributed by atoms with Gasteiger partial charge in [0.25, 0.3) is 5.91 Å². The van der Waals surface area contributed by atoms with E-state index in [1.54, 1.807) is 0 Å². The molecule has 0 bridgehead atoms. The Morgan fingerprint density at radius 3 is 2.36 bits per heavy atom. The predicted molar refractivity (Wildman–Crippen MR) is 149 cm³/mol. The summed E-state index contributed by atoms with van der Waals surface area (Å²) in [4.78, 5) is 52.6. The topological polar surface area (TPSA) is 117 Å². The molecule has 2 N–H and O–H groups in total. The van der Waals surface area contributed by atoms with Crippen molar-refractivity contribution in [2.24, 2.45) is 5.10 Å². The lowest BCUT2D eigenvalue weighted by Gasteiger charge is -2.49. The van der Waals surface area contributed by atoms with E-state index >= 15 is 0 Å². The van der Waals surface area contributed by atoms with E-state index in [0.717, 1.165) is 16.0 Å². The highest BCUT2D eigenvalue weighted by Gasteiger charge is 2.54. The maximum absolute atomic E-state index is 13.8. The van der Waals surface area contributed by atoms with Gasteiger partial charge in [0.05, 0.1) is 12.6 Å². The molecule has 1 saturated heterocycles. The summed E-state index contributed by atoms with van der Waals surface area (Å²) in [6.07, 6.45) is 1.20. The summed E-state index contributed by atoms with van der Waals surface area (Å²) in [6.45, 7) is 0. The van der Waals surface area contributed by atoms with E-state index in [1.807, 2.05) is 78.2 Å². The lowest BCUT2D eigenvalue weighted by molar-refractivity contribution is -0.154. The van der Waals surface area contributed by atoms with Crippen molar-refractivity contribution in [3.63, 3.8) is 0 Å². The maximum Gasteiger partial charge on any atom is 0.356 e. The number of rotatable bonds is 10. The fraction of sp³-hybridized carbons (Fsp3) is 0.179. The molecular formula is C28H24N4O5S2. The second-order valence-corrected chi connectivity index (χ2v) is 10.8.